The number of hydrogen-bond acceptors (Lipinski definition) is 3. The lowest BCUT2D eigenvalue weighted by molar-refractivity contribution is -0.132. The molecule has 1 aliphatic rings. The van der Waals surface area contributed by atoms with E-state index in [1.54, 1.807) is 0 Å². The second kappa shape index (κ2) is 11.9. The molecule has 0 aromatic heterocycles. The molecule has 0 bridgehead atoms. The highest BCUT2D eigenvalue weighted by Crippen LogP contribution is 2.21. The maximum Gasteiger partial charge on any atom is 0.222 e. The van der Waals surface area contributed by atoms with Crippen LogP contribution in [0.1, 0.15) is 91.4 Å². The molecule has 4 nitrogen and oxygen atoms in total. The molecule has 0 aliphatic carbocycles. The van der Waals surface area contributed by atoms with Crippen molar-refractivity contribution in [2.24, 2.45) is 5.92 Å². The number of nitrogens with zero attached hydrogens (tertiary/aromatic N) is 1. The zero-order chi connectivity index (χ0) is 18.7. The molecule has 1 saturated heterocycles. The molecule has 1 aliphatic heterocycles. The van der Waals surface area contributed by atoms with Crippen molar-refractivity contribution in [3.8, 4) is 0 Å². The van der Waals surface area contributed by atoms with Gasteiger partial charge in [-0.2, -0.15) is 0 Å². The maximum absolute atomic E-state index is 12.3. The summed E-state index contributed by atoms with van der Waals surface area (Å²) in [6.07, 6.45) is 11.7. The number of amides is 1. The highest BCUT2D eigenvalue weighted by atomic mass is 32.2. The van der Waals surface area contributed by atoms with Crippen LogP contribution in [-0.4, -0.2) is 43.3 Å². The van der Waals surface area contributed by atoms with Crippen molar-refractivity contribution < 1.29 is 13.2 Å². The fourth-order valence-corrected chi connectivity index (χ4v) is 5.76. The Morgan fingerprint density at radius 2 is 1.48 bits per heavy atom. The van der Waals surface area contributed by atoms with Crippen molar-refractivity contribution in [3.05, 3.63) is 0 Å². The zero-order valence-corrected chi connectivity index (χ0v) is 17.5. The lowest BCUT2D eigenvalue weighted by Crippen LogP contribution is -2.43. The zero-order valence-electron chi connectivity index (χ0n) is 16.6. The van der Waals surface area contributed by atoms with Crippen molar-refractivity contribution in [2.45, 2.75) is 96.7 Å². The first-order chi connectivity index (χ1) is 11.9. The van der Waals surface area contributed by atoms with Crippen molar-refractivity contribution in [1.29, 1.82) is 0 Å². The third kappa shape index (κ3) is 9.07. The van der Waals surface area contributed by atoms with Crippen LogP contribution < -0.4 is 0 Å². The summed E-state index contributed by atoms with van der Waals surface area (Å²) in [5.41, 5.74) is 0. The third-order valence-electron chi connectivity index (χ3n) is 5.11. The molecule has 1 heterocycles. The quantitative estimate of drug-likeness (QED) is 0.471. The van der Waals surface area contributed by atoms with Crippen LogP contribution in [0.2, 0.25) is 0 Å². The number of carbonyl (C=O) groups excluding carboxylic acids is 1. The Morgan fingerprint density at radius 1 is 0.960 bits per heavy atom. The van der Waals surface area contributed by atoms with Gasteiger partial charge in [0.2, 0.25) is 5.91 Å². The molecule has 1 fully saturated rings. The lowest BCUT2D eigenvalue weighted by Gasteiger charge is -2.32. The maximum atomic E-state index is 12.3. The SMILES string of the molecule is CCCCCCCCCCC(=O)N1CCC(S(=O)(=O)CC(C)C)CC1. The molecule has 0 aromatic rings. The van der Waals surface area contributed by atoms with Gasteiger partial charge < -0.3 is 4.90 Å². The second-order valence-corrected chi connectivity index (χ2v) is 10.4. The summed E-state index contributed by atoms with van der Waals surface area (Å²) in [4.78, 5) is 14.2. The van der Waals surface area contributed by atoms with E-state index in [2.05, 4.69) is 6.92 Å². The minimum Gasteiger partial charge on any atom is -0.343 e. The van der Waals surface area contributed by atoms with Crippen molar-refractivity contribution >= 4 is 15.7 Å². The van der Waals surface area contributed by atoms with Crippen LogP contribution in [0.3, 0.4) is 0 Å². The third-order valence-corrected chi connectivity index (χ3v) is 7.73. The van der Waals surface area contributed by atoms with Gasteiger partial charge in [-0.3, -0.25) is 4.79 Å². The van der Waals surface area contributed by atoms with Crippen LogP contribution in [0, 0.1) is 5.92 Å². The van der Waals surface area contributed by atoms with Crippen LogP contribution in [0.15, 0.2) is 0 Å². The molecule has 0 atom stereocenters. The number of unbranched alkanes of at least 4 members (excludes halogenated alkanes) is 7. The molecule has 0 unspecified atom stereocenters. The van der Waals surface area contributed by atoms with E-state index in [1.807, 2.05) is 18.7 Å². The Morgan fingerprint density at radius 3 is 2.00 bits per heavy atom. The van der Waals surface area contributed by atoms with Crippen molar-refractivity contribution in [2.75, 3.05) is 18.8 Å². The van der Waals surface area contributed by atoms with Gasteiger partial charge in [-0.25, -0.2) is 8.42 Å². The van der Waals surface area contributed by atoms with Gasteiger partial charge >= 0.3 is 0 Å². The first kappa shape index (κ1) is 22.5. The topological polar surface area (TPSA) is 54.5 Å². The van der Waals surface area contributed by atoms with E-state index >= 15 is 0 Å². The smallest absolute Gasteiger partial charge is 0.222 e. The minimum atomic E-state index is -3.00. The standard InChI is InChI=1S/C20H39NO3S/c1-4-5-6-7-8-9-10-11-12-20(22)21-15-13-19(14-16-21)25(23,24)17-18(2)3/h18-19H,4-17H2,1-3H3. The molecule has 1 amide bonds. The predicted octanol–water partition coefficient (Wildman–Crippen LogP) is 4.58. The molecule has 0 radical (unpaired) electrons. The first-order valence-corrected chi connectivity index (χ1v) is 12.1. The minimum absolute atomic E-state index is 0.173. The van der Waals surface area contributed by atoms with Crippen LogP contribution in [0.25, 0.3) is 0 Å². The van der Waals surface area contributed by atoms with Gasteiger partial charge in [0, 0.05) is 19.5 Å². The van der Waals surface area contributed by atoms with Crippen LogP contribution in [-0.2, 0) is 14.6 Å². The van der Waals surface area contributed by atoms with E-state index in [4.69, 9.17) is 0 Å². The predicted molar refractivity (Wildman–Crippen MR) is 105 cm³/mol. The van der Waals surface area contributed by atoms with E-state index < -0.39 is 9.84 Å². The lowest BCUT2D eigenvalue weighted by atomic mass is 10.1. The molecule has 25 heavy (non-hydrogen) atoms. The summed E-state index contributed by atoms with van der Waals surface area (Å²) in [6.45, 7) is 7.34. The fraction of sp³-hybridized carbons (Fsp3) is 0.950. The summed E-state index contributed by atoms with van der Waals surface area (Å²) in [5.74, 6) is 0.654. The van der Waals surface area contributed by atoms with Gasteiger partial charge in [0.05, 0.1) is 11.0 Å². The highest BCUT2D eigenvalue weighted by Gasteiger charge is 2.31. The molecular formula is C20H39NO3S. The van der Waals surface area contributed by atoms with E-state index in [-0.39, 0.29) is 22.8 Å². The Kier molecular flexibility index (Phi) is 10.7. The number of hydrogen-bond donors (Lipinski definition) is 0. The molecule has 0 spiro atoms. The molecule has 148 valence electrons. The largest absolute Gasteiger partial charge is 0.343 e. The molecule has 0 N–H and O–H groups in total. The van der Waals surface area contributed by atoms with Gasteiger partial charge in [0.1, 0.15) is 0 Å². The summed E-state index contributed by atoms with van der Waals surface area (Å²) in [7, 11) is -3.00. The number of piperidine rings is 1. The molecule has 5 heteroatoms. The van der Waals surface area contributed by atoms with Crippen molar-refractivity contribution in [1.82, 2.24) is 4.90 Å². The summed E-state index contributed by atoms with van der Waals surface area (Å²) in [5, 5.41) is -0.248. The Hall–Kier alpha value is -0.580. The fourth-order valence-electron chi connectivity index (χ4n) is 3.63. The summed E-state index contributed by atoms with van der Waals surface area (Å²) >= 11 is 0. The van der Waals surface area contributed by atoms with Gasteiger partial charge in [-0.05, 0) is 25.2 Å². The second-order valence-electron chi connectivity index (χ2n) is 8.03. The highest BCUT2D eigenvalue weighted by molar-refractivity contribution is 7.92. The first-order valence-electron chi connectivity index (χ1n) is 10.4. The number of sulfone groups is 1. The Labute approximate surface area is 155 Å². The van der Waals surface area contributed by atoms with Crippen LogP contribution in [0.4, 0.5) is 0 Å². The van der Waals surface area contributed by atoms with E-state index in [0.29, 0.717) is 32.4 Å². The van der Waals surface area contributed by atoms with Crippen LogP contribution >= 0.6 is 0 Å². The molecule has 0 saturated carbocycles. The molecule has 0 aromatic carbocycles. The number of rotatable bonds is 12. The van der Waals surface area contributed by atoms with E-state index in [0.717, 1.165) is 12.8 Å². The molecular weight excluding hydrogens is 334 g/mol. The van der Waals surface area contributed by atoms with E-state index in [9.17, 15) is 13.2 Å². The van der Waals surface area contributed by atoms with Gasteiger partial charge in [-0.1, -0.05) is 65.7 Å². The van der Waals surface area contributed by atoms with Crippen molar-refractivity contribution in [3.63, 3.8) is 0 Å². The number of likely N-dealkylation sites (tertiary alicyclic amines) is 1. The summed E-state index contributed by atoms with van der Waals surface area (Å²) in [6, 6.07) is 0. The Bertz CT molecular complexity index is 465. The monoisotopic (exact) mass is 373 g/mol. The summed E-state index contributed by atoms with van der Waals surface area (Å²) < 4.78 is 24.6. The average Bonchev–Trinajstić information content (AvgIpc) is 2.56. The average molecular weight is 374 g/mol. The number of carbonyl (C=O) groups is 1. The Balaban J connectivity index is 2.17. The van der Waals surface area contributed by atoms with Gasteiger partial charge in [0.15, 0.2) is 9.84 Å². The normalized spacial score (nSPS) is 16.6. The molecule has 1 rings (SSSR count). The van der Waals surface area contributed by atoms with Crippen LogP contribution in [0.5, 0.6) is 0 Å². The van der Waals surface area contributed by atoms with Gasteiger partial charge in [-0.15, -0.1) is 0 Å². The van der Waals surface area contributed by atoms with E-state index in [1.165, 1.54) is 38.5 Å². The van der Waals surface area contributed by atoms with Gasteiger partial charge in [0.25, 0.3) is 0 Å².